The van der Waals surface area contributed by atoms with Gasteiger partial charge in [0.05, 0.1) is 18.4 Å². The van der Waals surface area contributed by atoms with Crippen LogP contribution in [0.15, 0.2) is 92.5 Å². The Kier molecular flexibility index (Phi) is 4.33. The average molecular weight is 484 g/mol. The van der Waals surface area contributed by atoms with Crippen LogP contribution in [0.25, 0.3) is 21.7 Å². The van der Waals surface area contributed by atoms with Gasteiger partial charge in [-0.3, -0.25) is 0 Å². The van der Waals surface area contributed by atoms with E-state index in [0.29, 0.717) is 11.1 Å². The normalized spacial score (nSPS) is 14.6. The molecule has 0 spiro atoms. The second-order valence-corrected chi connectivity index (χ2v) is 8.78. The van der Waals surface area contributed by atoms with Crippen LogP contribution in [-0.4, -0.2) is 7.11 Å². The van der Waals surface area contributed by atoms with Crippen LogP contribution < -0.4 is 15.7 Å². The molecule has 0 fully saturated rings. The van der Waals surface area contributed by atoms with Crippen LogP contribution in [0.1, 0.15) is 22.6 Å². The summed E-state index contributed by atoms with van der Waals surface area (Å²) in [6.45, 7) is 0. The fraction of sp³-hybridized carbons (Fsp3) is 0.0741. The highest BCUT2D eigenvalue weighted by atomic mass is 79.9. The third-order valence-corrected chi connectivity index (χ3v) is 6.65. The molecular formula is C27H18BrNO3. The van der Waals surface area contributed by atoms with Crippen molar-refractivity contribution in [1.82, 2.24) is 0 Å². The highest BCUT2D eigenvalue weighted by Crippen LogP contribution is 2.50. The first-order valence-electron chi connectivity index (χ1n) is 10.3. The predicted octanol–water partition coefficient (Wildman–Crippen LogP) is 6.95. The van der Waals surface area contributed by atoms with Gasteiger partial charge in [0.15, 0.2) is 0 Å². The Morgan fingerprint density at radius 3 is 2.53 bits per heavy atom. The van der Waals surface area contributed by atoms with Crippen molar-refractivity contribution in [3.05, 3.63) is 110 Å². The highest BCUT2D eigenvalue weighted by Gasteiger charge is 2.35. The Labute approximate surface area is 192 Å². The van der Waals surface area contributed by atoms with E-state index in [0.717, 1.165) is 48.9 Å². The van der Waals surface area contributed by atoms with Crippen molar-refractivity contribution in [1.29, 1.82) is 0 Å². The van der Waals surface area contributed by atoms with Crippen LogP contribution in [0.4, 0.5) is 11.4 Å². The number of methoxy groups -OCH3 is 1. The maximum absolute atomic E-state index is 13.4. The van der Waals surface area contributed by atoms with Crippen molar-refractivity contribution in [2.45, 2.75) is 5.92 Å². The van der Waals surface area contributed by atoms with E-state index < -0.39 is 0 Å². The van der Waals surface area contributed by atoms with E-state index in [1.807, 2.05) is 54.6 Å². The number of ether oxygens (including phenoxy) is 1. The third kappa shape index (κ3) is 2.78. The summed E-state index contributed by atoms with van der Waals surface area (Å²) >= 11 is 3.61. The maximum atomic E-state index is 13.4. The molecule has 4 aromatic carbocycles. The molecular weight excluding hydrogens is 466 g/mol. The van der Waals surface area contributed by atoms with E-state index >= 15 is 0 Å². The summed E-state index contributed by atoms with van der Waals surface area (Å²) in [6, 6.07) is 25.9. The first-order chi connectivity index (χ1) is 15.7. The molecule has 156 valence electrons. The Hall–Kier alpha value is -3.57. The number of fused-ring (bicyclic) bond motifs is 6. The SMILES string of the molecule is COc1ccc(Br)cc1C1c2c(c3ccccc3oc2=O)Nc2ccc3ccccc3c21. The standard InChI is InChI=1S/C27H18BrNO3/c1-31-21-13-11-16(28)14-19(21)24-23-17-7-3-2-6-15(17)10-12-20(23)29-26-18-8-4-5-9-22(18)32-27(30)25(24)26/h2-14,24,29H,1H3. The summed E-state index contributed by atoms with van der Waals surface area (Å²) in [5, 5.41) is 6.63. The fourth-order valence-electron chi connectivity index (χ4n) is 4.80. The van der Waals surface area contributed by atoms with E-state index in [1.165, 1.54) is 0 Å². The fourth-order valence-corrected chi connectivity index (χ4v) is 5.18. The van der Waals surface area contributed by atoms with E-state index in [2.05, 4.69) is 45.5 Å². The van der Waals surface area contributed by atoms with Crippen molar-refractivity contribution in [2.24, 2.45) is 0 Å². The lowest BCUT2D eigenvalue weighted by molar-refractivity contribution is 0.408. The molecule has 1 unspecified atom stereocenters. The molecule has 0 radical (unpaired) electrons. The van der Waals surface area contributed by atoms with Gasteiger partial charge in [0, 0.05) is 27.0 Å². The molecule has 1 aromatic heterocycles. The minimum Gasteiger partial charge on any atom is -0.496 e. The van der Waals surface area contributed by atoms with Crippen molar-refractivity contribution >= 4 is 49.0 Å². The lowest BCUT2D eigenvalue weighted by Crippen LogP contribution is -2.23. The molecule has 0 amide bonds. The molecule has 0 bridgehead atoms. The second kappa shape index (κ2) is 7.24. The van der Waals surface area contributed by atoms with Crippen molar-refractivity contribution in [2.75, 3.05) is 12.4 Å². The first kappa shape index (κ1) is 19.1. The molecule has 1 aliphatic rings. The number of hydrogen-bond donors (Lipinski definition) is 1. The summed E-state index contributed by atoms with van der Waals surface area (Å²) < 4.78 is 12.5. The summed E-state index contributed by atoms with van der Waals surface area (Å²) in [5.74, 6) is 0.359. The summed E-state index contributed by atoms with van der Waals surface area (Å²) in [5.41, 5.74) is 4.50. The van der Waals surface area contributed by atoms with Gasteiger partial charge < -0.3 is 14.5 Å². The van der Waals surface area contributed by atoms with Crippen molar-refractivity contribution in [3.63, 3.8) is 0 Å². The number of halogens is 1. The second-order valence-electron chi connectivity index (χ2n) is 7.87. The van der Waals surface area contributed by atoms with Gasteiger partial charge in [0.2, 0.25) is 0 Å². The van der Waals surface area contributed by atoms with Gasteiger partial charge in [0.1, 0.15) is 11.3 Å². The Morgan fingerprint density at radius 1 is 0.906 bits per heavy atom. The van der Waals surface area contributed by atoms with E-state index in [4.69, 9.17) is 9.15 Å². The van der Waals surface area contributed by atoms with E-state index in [1.54, 1.807) is 7.11 Å². The molecule has 0 aliphatic carbocycles. The number of nitrogens with one attached hydrogen (secondary N) is 1. The minimum atomic E-state index is -0.361. The van der Waals surface area contributed by atoms with E-state index in [-0.39, 0.29) is 11.5 Å². The van der Waals surface area contributed by atoms with Crippen LogP contribution in [-0.2, 0) is 0 Å². The predicted molar refractivity (Wildman–Crippen MR) is 131 cm³/mol. The molecule has 2 heterocycles. The molecule has 1 atom stereocenters. The van der Waals surface area contributed by atoms with E-state index in [9.17, 15) is 4.79 Å². The van der Waals surface area contributed by atoms with Crippen molar-refractivity contribution < 1.29 is 9.15 Å². The van der Waals surface area contributed by atoms with Crippen LogP contribution in [0.2, 0.25) is 0 Å². The largest absolute Gasteiger partial charge is 0.496 e. The van der Waals surface area contributed by atoms with Crippen LogP contribution >= 0.6 is 15.9 Å². The van der Waals surface area contributed by atoms with Crippen LogP contribution in [0, 0.1) is 0 Å². The summed E-state index contributed by atoms with van der Waals surface area (Å²) in [6.07, 6.45) is 0. The number of hydrogen-bond acceptors (Lipinski definition) is 4. The Bertz CT molecular complexity index is 1590. The molecule has 0 saturated carbocycles. The number of para-hydroxylation sites is 1. The molecule has 32 heavy (non-hydrogen) atoms. The van der Waals surface area contributed by atoms with Gasteiger partial charge in [-0.05, 0) is 52.7 Å². The topological polar surface area (TPSA) is 51.5 Å². The molecule has 1 aliphatic heterocycles. The van der Waals surface area contributed by atoms with Gasteiger partial charge in [-0.15, -0.1) is 0 Å². The summed E-state index contributed by atoms with van der Waals surface area (Å²) in [4.78, 5) is 13.4. The smallest absolute Gasteiger partial charge is 0.342 e. The van der Waals surface area contributed by atoms with Crippen LogP contribution in [0.5, 0.6) is 5.75 Å². The summed E-state index contributed by atoms with van der Waals surface area (Å²) in [7, 11) is 1.65. The lowest BCUT2D eigenvalue weighted by atomic mass is 9.78. The van der Waals surface area contributed by atoms with Gasteiger partial charge in [0.25, 0.3) is 0 Å². The zero-order valence-corrected chi connectivity index (χ0v) is 18.8. The number of rotatable bonds is 2. The molecule has 6 rings (SSSR count). The minimum absolute atomic E-state index is 0.350. The molecule has 4 nitrogen and oxygen atoms in total. The highest BCUT2D eigenvalue weighted by molar-refractivity contribution is 9.10. The number of anilines is 2. The Morgan fingerprint density at radius 2 is 1.69 bits per heavy atom. The maximum Gasteiger partial charge on any atom is 0.342 e. The van der Waals surface area contributed by atoms with Gasteiger partial charge in [-0.1, -0.05) is 58.4 Å². The third-order valence-electron chi connectivity index (χ3n) is 6.16. The molecule has 0 saturated heterocycles. The van der Waals surface area contributed by atoms with Gasteiger partial charge in [-0.2, -0.15) is 0 Å². The monoisotopic (exact) mass is 483 g/mol. The average Bonchev–Trinajstić information content (AvgIpc) is 2.82. The zero-order valence-electron chi connectivity index (χ0n) is 17.2. The molecule has 5 aromatic rings. The first-order valence-corrected chi connectivity index (χ1v) is 11.1. The zero-order chi connectivity index (χ0) is 21.8. The molecule has 1 N–H and O–H groups in total. The van der Waals surface area contributed by atoms with Gasteiger partial charge >= 0.3 is 5.63 Å². The number of benzene rings is 4. The lowest BCUT2D eigenvalue weighted by Gasteiger charge is -2.31. The van der Waals surface area contributed by atoms with Crippen molar-refractivity contribution in [3.8, 4) is 5.75 Å². The molecule has 5 heteroatoms. The van der Waals surface area contributed by atoms with Crippen LogP contribution in [0.3, 0.4) is 0 Å². The Balaban J connectivity index is 1.79. The van der Waals surface area contributed by atoms with Gasteiger partial charge in [-0.25, -0.2) is 4.79 Å². The quantitative estimate of drug-likeness (QED) is 0.270.